The number of carbonyl (C=O) groups excluding carboxylic acids is 1. The Balaban J connectivity index is 1.08. The predicted octanol–water partition coefficient (Wildman–Crippen LogP) is 6.00. The van der Waals surface area contributed by atoms with E-state index in [-0.39, 0.29) is 5.92 Å². The lowest BCUT2D eigenvalue weighted by atomic mass is 9.95. The van der Waals surface area contributed by atoms with Gasteiger partial charge in [-0.15, -0.1) is 0 Å². The van der Waals surface area contributed by atoms with Gasteiger partial charge in [-0.05, 0) is 80.5 Å². The van der Waals surface area contributed by atoms with Gasteiger partial charge in [0.1, 0.15) is 5.82 Å². The third-order valence-electron chi connectivity index (χ3n) is 7.78. The van der Waals surface area contributed by atoms with Crippen molar-refractivity contribution in [3.8, 4) is 5.69 Å². The van der Waals surface area contributed by atoms with E-state index in [1.54, 1.807) is 0 Å². The van der Waals surface area contributed by atoms with Crippen LogP contribution in [0.3, 0.4) is 0 Å². The molecule has 2 aliphatic heterocycles. The zero-order valence-corrected chi connectivity index (χ0v) is 23.6. The number of rotatable bonds is 5. The first kappa shape index (κ1) is 25.4. The van der Waals surface area contributed by atoms with Gasteiger partial charge in [0.05, 0.1) is 17.6 Å². The quantitative estimate of drug-likeness (QED) is 0.285. The number of piperazine rings is 1. The smallest absolute Gasteiger partial charge is 0.225 e. The molecule has 196 valence electrons. The highest BCUT2D eigenvalue weighted by Crippen LogP contribution is 2.27. The van der Waals surface area contributed by atoms with Gasteiger partial charge in [-0.2, -0.15) is 0 Å². The van der Waals surface area contributed by atoms with Crippen LogP contribution in [0.2, 0.25) is 5.02 Å². The first-order valence-corrected chi connectivity index (χ1v) is 14.5. The Morgan fingerprint density at radius 1 is 0.868 bits per heavy atom. The number of imidazole rings is 1. The highest BCUT2D eigenvalue weighted by atomic mass is 79.9. The summed E-state index contributed by atoms with van der Waals surface area (Å²) in [7, 11) is 0. The number of nitrogens with zero attached hydrogens (tertiary/aromatic N) is 5. The van der Waals surface area contributed by atoms with Crippen molar-refractivity contribution in [2.75, 3.05) is 44.2 Å². The fourth-order valence-corrected chi connectivity index (χ4v) is 6.23. The minimum absolute atomic E-state index is 0.109. The molecular formula is C30H31BrClN5O. The number of fused-ring (bicyclic) bond motifs is 1. The molecule has 6 nitrogen and oxygen atoms in total. The van der Waals surface area contributed by atoms with Gasteiger partial charge in [0.2, 0.25) is 5.91 Å². The fraction of sp³-hybridized carbons (Fsp3) is 0.333. The van der Waals surface area contributed by atoms with Crippen LogP contribution in [0.15, 0.2) is 77.3 Å². The van der Waals surface area contributed by atoms with Crippen molar-refractivity contribution in [3.63, 3.8) is 0 Å². The monoisotopic (exact) mass is 591 g/mol. The van der Waals surface area contributed by atoms with E-state index in [2.05, 4.69) is 83.7 Å². The Morgan fingerprint density at radius 2 is 1.61 bits per heavy atom. The van der Waals surface area contributed by atoms with E-state index in [1.165, 1.54) is 5.69 Å². The molecule has 6 rings (SSSR count). The molecule has 0 aliphatic carbocycles. The van der Waals surface area contributed by atoms with Crippen LogP contribution < -0.4 is 4.90 Å². The number of hydrogen-bond acceptors (Lipinski definition) is 4. The lowest BCUT2D eigenvalue weighted by molar-refractivity contribution is -0.137. The fourth-order valence-electron chi connectivity index (χ4n) is 5.72. The summed E-state index contributed by atoms with van der Waals surface area (Å²) in [5, 5.41) is 0.749. The number of para-hydroxylation sites is 2. The average molecular weight is 593 g/mol. The van der Waals surface area contributed by atoms with E-state index in [9.17, 15) is 4.79 Å². The highest BCUT2D eigenvalue weighted by molar-refractivity contribution is 9.10. The molecule has 0 radical (unpaired) electrons. The van der Waals surface area contributed by atoms with Crippen molar-refractivity contribution >= 4 is 50.2 Å². The number of amides is 1. The standard InChI is InChI=1S/C30H31BrClN5O/c31-23-4-3-5-26(20-23)37-28-7-2-1-6-27(28)33-29(37)21-34-14-12-22(13-15-34)30(38)36-18-16-35(17-19-36)25-10-8-24(32)9-11-25/h1-11,20,22H,12-19,21H2. The molecule has 8 heteroatoms. The van der Waals surface area contributed by atoms with Crippen LogP contribution in [0.5, 0.6) is 0 Å². The number of likely N-dealkylation sites (tertiary alicyclic amines) is 1. The zero-order chi connectivity index (χ0) is 26.1. The SMILES string of the molecule is O=C(C1CCN(Cc2nc3ccccc3n2-c2cccc(Br)c2)CC1)N1CCN(c2ccc(Cl)cc2)CC1. The minimum Gasteiger partial charge on any atom is -0.368 e. The lowest BCUT2D eigenvalue weighted by Crippen LogP contribution is -2.51. The second kappa shape index (κ2) is 11.1. The van der Waals surface area contributed by atoms with Crippen molar-refractivity contribution in [1.82, 2.24) is 19.4 Å². The van der Waals surface area contributed by atoms with Crippen molar-refractivity contribution in [2.24, 2.45) is 5.92 Å². The van der Waals surface area contributed by atoms with Crippen molar-refractivity contribution < 1.29 is 4.79 Å². The molecule has 1 amide bonds. The second-order valence-corrected chi connectivity index (χ2v) is 11.5. The minimum atomic E-state index is 0.109. The predicted molar refractivity (Wildman–Crippen MR) is 157 cm³/mol. The third-order valence-corrected chi connectivity index (χ3v) is 8.53. The summed E-state index contributed by atoms with van der Waals surface area (Å²) in [4.78, 5) is 25.2. The van der Waals surface area contributed by atoms with E-state index >= 15 is 0 Å². The van der Waals surface area contributed by atoms with Crippen LogP contribution in [-0.2, 0) is 11.3 Å². The van der Waals surface area contributed by atoms with Gasteiger partial charge in [-0.1, -0.05) is 45.7 Å². The molecule has 0 N–H and O–H groups in total. The molecule has 38 heavy (non-hydrogen) atoms. The zero-order valence-electron chi connectivity index (χ0n) is 21.3. The summed E-state index contributed by atoms with van der Waals surface area (Å²) in [6.07, 6.45) is 1.79. The lowest BCUT2D eigenvalue weighted by Gasteiger charge is -2.39. The van der Waals surface area contributed by atoms with E-state index in [0.717, 1.165) is 90.7 Å². The summed E-state index contributed by atoms with van der Waals surface area (Å²) >= 11 is 9.65. The second-order valence-electron chi connectivity index (χ2n) is 10.2. The van der Waals surface area contributed by atoms with Gasteiger partial charge in [-0.3, -0.25) is 14.3 Å². The van der Waals surface area contributed by atoms with Gasteiger partial charge in [0.25, 0.3) is 0 Å². The average Bonchev–Trinajstić information content (AvgIpc) is 3.31. The summed E-state index contributed by atoms with van der Waals surface area (Å²) in [6, 6.07) is 24.6. The van der Waals surface area contributed by atoms with Crippen molar-refractivity contribution in [2.45, 2.75) is 19.4 Å². The molecule has 4 aromatic rings. The Kier molecular flexibility index (Phi) is 7.41. The van der Waals surface area contributed by atoms with Crippen molar-refractivity contribution in [1.29, 1.82) is 0 Å². The van der Waals surface area contributed by atoms with Gasteiger partial charge in [0, 0.05) is 53.0 Å². The van der Waals surface area contributed by atoms with Crippen molar-refractivity contribution in [3.05, 3.63) is 88.1 Å². The first-order valence-electron chi connectivity index (χ1n) is 13.3. The summed E-state index contributed by atoms with van der Waals surface area (Å²) in [5.41, 5.74) is 4.39. The molecule has 2 fully saturated rings. The molecule has 2 aliphatic rings. The van der Waals surface area contributed by atoms with Gasteiger partial charge >= 0.3 is 0 Å². The Hall–Kier alpha value is -2.87. The Bertz CT molecular complexity index is 1420. The highest BCUT2D eigenvalue weighted by Gasteiger charge is 2.31. The van der Waals surface area contributed by atoms with E-state index < -0.39 is 0 Å². The van der Waals surface area contributed by atoms with E-state index in [1.807, 2.05) is 24.3 Å². The number of halogens is 2. The molecule has 0 unspecified atom stereocenters. The van der Waals surface area contributed by atoms with Crippen LogP contribution in [0.1, 0.15) is 18.7 Å². The number of benzene rings is 3. The maximum Gasteiger partial charge on any atom is 0.225 e. The molecule has 0 spiro atoms. The van der Waals surface area contributed by atoms with Gasteiger partial charge in [-0.25, -0.2) is 4.98 Å². The molecular weight excluding hydrogens is 562 g/mol. The Labute approximate surface area is 236 Å². The maximum atomic E-state index is 13.3. The van der Waals surface area contributed by atoms with Gasteiger partial charge < -0.3 is 9.80 Å². The summed E-state index contributed by atoms with van der Waals surface area (Å²) in [5.74, 6) is 1.46. The summed E-state index contributed by atoms with van der Waals surface area (Å²) < 4.78 is 3.31. The molecule has 3 aromatic carbocycles. The maximum absolute atomic E-state index is 13.3. The molecule has 3 heterocycles. The number of aromatic nitrogens is 2. The molecule has 0 atom stereocenters. The number of carbonyl (C=O) groups is 1. The topological polar surface area (TPSA) is 44.6 Å². The van der Waals surface area contributed by atoms with E-state index in [4.69, 9.17) is 16.6 Å². The number of hydrogen-bond donors (Lipinski definition) is 0. The van der Waals surface area contributed by atoms with Gasteiger partial charge in [0.15, 0.2) is 0 Å². The van der Waals surface area contributed by atoms with Crippen LogP contribution in [0.4, 0.5) is 5.69 Å². The molecule has 0 saturated carbocycles. The number of piperidine rings is 1. The number of anilines is 1. The first-order chi connectivity index (χ1) is 18.5. The van der Waals surface area contributed by atoms with Crippen LogP contribution in [0, 0.1) is 5.92 Å². The summed E-state index contributed by atoms with van der Waals surface area (Å²) in [6.45, 7) is 5.85. The Morgan fingerprint density at radius 3 is 2.34 bits per heavy atom. The largest absolute Gasteiger partial charge is 0.368 e. The third kappa shape index (κ3) is 5.33. The van der Waals surface area contributed by atoms with Crippen LogP contribution >= 0.6 is 27.5 Å². The normalized spacial score (nSPS) is 17.3. The molecule has 2 saturated heterocycles. The van der Waals surface area contributed by atoms with Crippen LogP contribution in [-0.4, -0.2) is 64.5 Å². The molecule has 0 bridgehead atoms. The molecule has 1 aromatic heterocycles. The van der Waals surface area contributed by atoms with E-state index in [0.29, 0.717) is 5.91 Å². The van der Waals surface area contributed by atoms with Crippen LogP contribution in [0.25, 0.3) is 16.7 Å².